The summed E-state index contributed by atoms with van der Waals surface area (Å²) in [6, 6.07) is 4.45. The monoisotopic (exact) mass is 332 g/mol. The molecule has 1 aliphatic heterocycles. The molecule has 2 aromatic rings. The first-order chi connectivity index (χ1) is 10.9. The van der Waals surface area contributed by atoms with Gasteiger partial charge in [0, 0.05) is 49.3 Å². The second-order valence-electron chi connectivity index (χ2n) is 7.06. The maximum Gasteiger partial charge on any atom is 0.205 e. The highest BCUT2D eigenvalue weighted by Crippen LogP contribution is 2.28. The second kappa shape index (κ2) is 6.39. The van der Waals surface area contributed by atoms with E-state index in [2.05, 4.69) is 52.2 Å². The lowest BCUT2D eigenvalue weighted by Crippen LogP contribution is -2.43. The van der Waals surface area contributed by atoms with Gasteiger partial charge in [0.1, 0.15) is 5.82 Å². The molecule has 6 nitrogen and oxygen atoms in total. The van der Waals surface area contributed by atoms with Gasteiger partial charge in [-0.1, -0.05) is 20.8 Å². The van der Waals surface area contributed by atoms with Crippen LogP contribution >= 0.6 is 11.5 Å². The average Bonchev–Trinajstić information content (AvgIpc) is 3.05. The maximum atomic E-state index is 4.73. The number of aromatic nitrogens is 4. The highest BCUT2D eigenvalue weighted by atomic mass is 32.1. The van der Waals surface area contributed by atoms with Crippen molar-refractivity contribution in [1.29, 1.82) is 0 Å². The van der Waals surface area contributed by atoms with Crippen LogP contribution in [0.25, 0.3) is 0 Å². The van der Waals surface area contributed by atoms with Crippen LogP contribution in [-0.4, -0.2) is 45.7 Å². The van der Waals surface area contributed by atoms with Gasteiger partial charge in [0.15, 0.2) is 5.82 Å². The summed E-state index contributed by atoms with van der Waals surface area (Å²) in [6.07, 6.45) is 3.90. The topological polar surface area (TPSA) is 58.0 Å². The highest BCUT2D eigenvalue weighted by molar-refractivity contribution is 7.09. The Morgan fingerprint density at radius 1 is 1.26 bits per heavy atom. The van der Waals surface area contributed by atoms with Crippen molar-refractivity contribution < 1.29 is 0 Å². The van der Waals surface area contributed by atoms with E-state index < -0.39 is 0 Å². The van der Waals surface area contributed by atoms with E-state index in [1.807, 2.05) is 12.1 Å². The van der Waals surface area contributed by atoms with E-state index in [-0.39, 0.29) is 5.41 Å². The first kappa shape index (κ1) is 16.1. The quantitative estimate of drug-likeness (QED) is 0.861. The van der Waals surface area contributed by atoms with Crippen molar-refractivity contribution >= 4 is 22.5 Å². The van der Waals surface area contributed by atoms with Gasteiger partial charge in [-0.25, -0.2) is 4.98 Å². The van der Waals surface area contributed by atoms with Crippen molar-refractivity contribution in [2.45, 2.75) is 45.1 Å². The first-order valence-electron chi connectivity index (χ1n) is 8.05. The number of nitrogens with zero attached hydrogens (tertiary/aromatic N) is 6. The molecular weight excluding hydrogens is 308 g/mol. The Hall–Kier alpha value is -1.76. The average molecular weight is 332 g/mol. The van der Waals surface area contributed by atoms with E-state index in [1.54, 1.807) is 6.20 Å². The summed E-state index contributed by atoms with van der Waals surface area (Å²) in [5, 5.41) is 9.23. The fraction of sp³-hybridized carbons (Fsp3) is 0.625. The molecule has 23 heavy (non-hydrogen) atoms. The molecule has 0 atom stereocenters. The van der Waals surface area contributed by atoms with Gasteiger partial charge < -0.3 is 9.80 Å². The van der Waals surface area contributed by atoms with Crippen LogP contribution in [0.15, 0.2) is 18.3 Å². The molecule has 1 aliphatic rings. The van der Waals surface area contributed by atoms with Crippen LogP contribution in [0.4, 0.5) is 10.9 Å². The van der Waals surface area contributed by atoms with Crippen molar-refractivity contribution in [1.82, 2.24) is 19.6 Å². The first-order valence-corrected chi connectivity index (χ1v) is 8.82. The van der Waals surface area contributed by atoms with Gasteiger partial charge in [-0.05, 0) is 25.0 Å². The van der Waals surface area contributed by atoms with Crippen molar-refractivity contribution in [2.75, 3.05) is 29.9 Å². The predicted molar refractivity (Wildman–Crippen MR) is 94.3 cm³/mol. The lowest BCUT2D eigenvalue weighted by Gasteiger charge is -2.36. The lowest BCUT2D eigenvalue weighted by molar-refractivity contribution is 0.477. The number of anilines is 2. The van der Waals surface area contributed by atoms with Gasteiger partial charge in [0.05, 0.1) is 0 Å². The van der Waals surface area contributed by atoms with Crippen LogP contribution in [0.3, 0.4) is 0 Å². The minimum absolute atomic E-state index is 0.0132. The molecule has 0 aromatic carbocycles. The Morgan fingerprint density at radius 3 is 2.57 bits per heavy atom. The summed E-state index contributed by atoms with van der Waals surface area (Å²) in [5.41, 5.74) is 0.0132. The Bertz CT molecular complexity index is 628. The third-order valence-electron chi connectivity index (χ3n) is 4.29. The Morgan fingerprint density at radius 2 is 2.00 bits per heavy atom. The molecule has 0 spiro atoms. The predicted octanol–water partition coefficient (Wildman–Crippen LogP) is 2.73. The normalized spacial score (nSPS) is 16.6. The molecule has 0 amide bonds. The van der Waals surface area contributed by atoms with E-state index in [4.69, 9.17) is 4.98 Å². The van der Waals surface area contributed by atoms with Crippen LogP contribution < -0.4 is 9.80 Å². The van der Waals surface area contributed by atoms with Gasteiger partial charge in [-0.2, -0.15) is 9.47 Å². The van der Waals surface area contributed by atoms with Crippen molar-refractivity contribution in [3.05, 3.63) is 24.2 Å². The molecule has 1 saturated heterocycles. The zero-order chi connectivity index (χ0) is 16.4. The van der Waals surface area contributed by atoms with E-state index in [1.165, 1.54) is 11.5 Å². The fourth-order valence-corrected chi connectivity index (χ4v) is 3.67. The molecule has 0 aliphatic carbocycles. The summed E-state index contributed by atoms with van der Waals surface area (Å²) < 4.78 is 4.52. The summed E-state index contributed by atoms with van der Waals surface area (Å²) in [7, 11) is 2.10. The summed E-state index contributed by atoms with van der Waals surface area (Å²) in [5.74, 6) is 1.88. The van der Waals surface area contributed by atoms with Gasteiger partial charge in [0.25, 0.3) is 0 Å². The Kier molecular flexibility index (Phi) is 4.48. The number of hydrogen-bond acceptors (Lipinski definition) is 7. The van der Waals surface area contributed by atoms with E-state index in [9.17, 15) is 0 Å². The van der Waals surface area contributed by atoms with Crippen molar-refractivity contribution in [3.8, 4) is 0 Å². The van der Waals surface area contributed by atoms with Crippen LogP contribution in [0.2, 0.25) is 0 Å². The van der Waals surface area contributed by atoms with Gasteiger partial charge >= 0.3 is 0 Å². The van der Waals surface area contributed by atoms with Gasteiger partial charge in [0.2, 0.25) is 5.13 Å². The minimum atomic E-state index is 0.0132. The zero-order valence-electron chi connectivity index (χ0n) is 14.2. The molecule has 0 N–H and O–H groups in total. The smallest absolute Gasteiger partial charge is 0.205 e. The third kappa shape index (κ3) is 3.60. The molecule has 3 heterocycles. The van der Waals surface area contributed by atoms with Crippen LogP contribution in [0, 0.1) is 0 Å². The van der Waals surface area contributed by atoms with Crippen molar-refractivity contribution in [3.63, 3.8) is 0 Å². The molecule has 7 heteroatoms. The molecule has 124 valence electrons. The third-order valence-corrected chi connectivity index (χ3v) is 5.07. The molecule has 1 fully saturated rings. The molecule has 0 unspecified atom stereocenters. The van der Waals surface area contributed by atoms with E-state index in [0.29, 0.717) is 6.04 Å². The molecule has 2 aromatic heterocycles. The summed E-state index contributed by atoms with van der Waals surface area (Å²) in [4.78, 5) is 9.33. The number of hydrogen-bond donors (Lipinski definition) is 0. The Balaban J connectivity index is 1.61. The van der Waals surface area contributed by atoms with Crippen LogP contribution in [0.5, 0.6) is 0 Å². The SMILES string of the molecule is CN(c1cccnn1)C1CCN(c2nc(C(C)(C)C)ns2)CC1. The summed E-state index contributed by atoms with van der Waals surface area (Å²) >= 11 is 1.52. The second-order valence-corrected chi connectivity index (χ2v) is 7.79. The number of rotatable bonds is 3. The van der Waals surface area contributed by atoms with E-state index >= 15 is 0 Å². The Labute approximate surface area is 141 Å². The van der Waals surface area contributed by atoms with Gasteiger partial charge in [-0.15, -0.1) is 5.10 Å². The van der Waals surface area contributed by atoms with Crippen molar-refractivity contribution in [2.24, 2.45) is 0 Å². The molecule has 0 radical (unpaired) electrons. The highest BCUT2D eigenvalue weighted by Gasteiger charge is 2.27. The molecule has 0 bridgehead atoms. The van der Waals surface area contributed by atoms with Crippen LogP contribution in [-0.2, 0) is 5.41 Å². The number of piperidine rings is 1. The largest absolute Gasteiger partial charge is 0.355 e. The standard InChI is InChI=1S/C16H24N6S/c1-16(2,3)14-18-15(23-20-14)22-10-7-12(8-11-22)21(4)13-6-5-9-17-19-13/h5-6,9,12H,7-8,10-11H2,1-4H3. The summed E-state index contributed by atoms with van der Waals surface area (Å²) in [6.45, 7) is 8.48. The van der Waals surface area contributed by atoms with E-state index in [0.717, 1.165) is 42.7 Å². The van der Waals surface area contributed by atoms with Gasteiger partial charge in [-0.3, -0.25) is 0 Å². The molecule has 3 rings (SSSR count). The fourth-order valence-electron chi connectivity index (χ4n) is 2.76. The minimum Gasteiger partial charge on any atom is -0.355 e. The molecule has 0 saturated carbocycles. The zero-order valence-corrected chi connectivity index (χ0v) is 15.0. The molecular formula is C16H24N6S. The lowest BCUT2D eigenvalue weighted by atomic mass is 9.96. The van der Waals surface area contributed by atoms with Crippen LogP contribution in [0.1, 0.15) is 39.4 Å². The maximum absolute atomic E-state index is 4.73.